The molecule has 0 amide bonds. The predicted molar refractivity (Wildman–Crippen MR) is 56.0 cm³/mol. The maximum Gasteiger partial charge on any atom is 0.0509 e. The van der Waals surface area contributed by atoms with Gasteiger partial charge in [-0.15, -0.1) is 0 Å². The van der Waals surface area contributed by atoms with Crippen LogP contribution in [0, 0.1) is 5.92 Å². The Hall–Kier alpha value is -0.800. The molecule has 0 aliphatic carbocycles. The highest BCUT2D eigenvalue weighted by Crippen LogP contribution is 2.16. The molecular weight excluding hydrogens is 176 g/mol. The number of ether oxygens (including phenoxy) is 1. The van der Waals surface area contributed by atoms with Crippen molar-refractivity contribution in [3.05, 3.63) is 24.0 Å². The third-order valence-electron chi connectivity index (χ3n) is 2.96. The topological polar surface area (TPSA) is 37.0 Å². The Morgan fingerprint density at radius 1 is 1.71 bits per heavy atom. The molecule has 2 rings (SSSR count). The number of H-pyrrole nitrogens is 1. The minimum atomic E-state index is 0.549. The van der Waals surface area contributed by atoms with Crippen molar-refractivity contribution in [1.29, 1.82) is 0 Å². The molecular formula is C11H18N2O. The Morgan fingerprint density at radius 2 is 2.64 bits per heavy atom. The number of hydrogen-bond donors (Lipinski definition) is 2. The van der Waals surface area contributed by atoms with Gasteiger partial charge in [0.05, 0.1) is 6.61 Å². The third kappa shape index (κ3) is 2.36. The van der Waals surface area contributed by atoms with E-state index in [1.165, 1.54) is 12.0 Å². The Kier molecular flexibility index (Phi) is 3.22. The average Bonchev–Trinajstić information content (AvgIpc) is 2.87. The van der Waals surface area contributed by atoms with Gasteiger partial charge in [-0.3, -0.25) is 0 Å². The molecule has 1 fully saturated rings. The van der Waals surface area contributed by atoms with E-state index >= 15 is 0 Å². The van der Waals surface area contributed by atoms with Crippen molar-refractivity contribution in [2.75, 3.05) is 13.2 Å². The van der Waals surface area contributed by atoms with Gasteiger partial charge in [0.15, 0.2) is 0 Å². The first-order valence-corrected chi connectivity index (χ1v) is 5.29. The van der Waals surface area contributed by atoms with Crippen LogP contribution in [0.1, 0.15) is 18.9 Å². The Balaban J connectivity index is 1.74. The number of nitrogens with one attached hydrogen (secondary N) is 2. The second-order valence-corrected chi connectivity index (χ2v) is 4.01. The van der Waals surface area contributed by atoms with E-state index < -0.39 is 0 Å². The summed E-state index contributed by atoms with van der Waals surface area (Å²) in [6.07, 6.45) is 5.19. The van der Waals surface area contributed by atoms with Crippen molar-refractivity contribution >= 4 is 0 Å². The molecule has 1 aromatic rings. The van der Waals surface area contributed by atoms with Crippen molar-refractivity contribution in [2.45, 2.75) is 25.9 Å². The molecule has 0 saturated carbocycles. The summed E-state index contributed by atoms with van der Waals surface area (Å²) < 4.78 is 5.37. The second kappa shape index (κ2) is 4.62. The van der Waals surface area contributed by atoms with Crippen molar-refractivity contribution in [1.82, 2.24) is 10.3 Å². The van der Waals surface area contributed by atoms with E-state index in [-0.39, 0.29) is 0 Å². The van der Waals surface area contributed by atoms with Crippen molar-refractivity contribution in [3.8, 4) is 0 Å². The Morgan fingerprint density at radius 3 is 3.29 bits per heavy atom. The van der Waals surface area contributed by atoms with E-state index in [0.717, 1.165) is 19.8 Å². The SMILES string of the molecule is CC(NCc1cc[nH]c1)C1CCOC1. The molecule has 1 aliphatic heterocycles. The summed E-state index contributed by atoms with van der Waals surface area (Å²) in [6.45, 7) is 5.04. The molecule has 14 heavy (non-hydrogen) atoms. The van der Waals surface area contributed by atoms with E-state index in [9.17, 15) is 0 Å². The van der Waals surface area contributed by atoms with Crippen molar-refractivity contribution in [2.24, 2.45) is 5.92 Å². The second-order valence-electron chi connectivity index (χ2n) is 4.01. The zero-order chi connectivity index (χ0) is 9.80. The van der Waals surface area contributed by atoms with Crippen LogP contribution in [0.25, 0.3) is 0 Å². The number of hydrogen-bond acceptors (Lipinski definition) is 2. The summed E-state index contributed by atoms with van der Waals surface area (Å²) in [5.41, 5.74) is 1.32. The van der Waals surface area contributed by atoms with Gasteiger partial charge in [-0.2, -0.15) is 0 Å². The third-order valence-corrected chi connectivity index (χ3v) is 2.96. The fourth-order valence-electron chi connectivity index (χ4n) is 1.86. The molecule has 2 atom stereocenters. The van der Waals surface area contributed by atoms with E-state index in [0.29, 0.717) is 12.0 Å². The highest BCUT2D eigenvalue weighted by atomic mass is 16.5. The maximum absolute atomic E-state index is 5.37. The van der Waals surface area contributed by atoms with Crippen molar-refractivity contribution in [3.63, 3.8) is 0 Å². The minimum absolute atomic E-state index is 0.549. The first-order valence-electron chi connectivity index (χ1n) is 5.29. The lowest BCUT2D eigenvalue weighted by Crippen LogP contribution is -2.33. The predicted octanol–water partition coefficient (Wildman–Crippen LogP) is 1.53. The molecule has 78 valence electrons. The summed E-state index contributed by atoms with van der Waals surface area (Å²) >= 11 is 0. The van der Waals surface area contributed by atoms with Gasteiger partial charge < -0.3 is 15.0 Å². The molecule has 3 nitrogen and oxygen atoms in total. The summed E-state index contributed by atoms with van der Waals surface area (Å²) in [6, 6.07) is 2.65. The quantitative estimate of drug-likeness (QED) is 0.762. The lowest BCUT2D eigenvalue weighted by Gasteiger charge is -2.18. The summed E-state index contributed by atoms with van der Waals surface area (Å²) in [4.78, 5) is 3.06. The first kappa shape index (κ1) is 9.74. The Bertz CT molecular complexity index is 252. The molecule has 2 N–H and O–H groups in total. The molecule has 1 aromatic heterocycles. The van der Waals surface area contributed by atoms with Crippen LogP contribution in [0.5, 0.6) is 0 Å². The molecule has 1 aliphatic rings. The summed E-state index contributed by atoms with van der Waals surface area (Å²) in [5, 5.41) is 3.53. The zero-order valence-electron chi connectivity index (χ0n) is 8.62. The standard InChI is InChI=1S/C11H18N2O/c1-9(11-3-5-14-8-11)13-7-10-2-4-12-6-10/h2,4,6,9,11-13H,3,5,7-8H2,1H3. The number of aromatic nitrogens is 1. The molecule has 0 spiro atoms. The highest BCUT2D eigenvalue weighted by Gasteiger charge is 2.21. The normalized spacial score (nSPS) is 23.9. The molecule has 0 aromatic carbocycles. The maximum atomic E-state index is 5.37. The molecule has 2 unspecified atom stereocenters. The fraction of sp³-hybridized carbons (Fsp3) is 0.636. The van der Waals surface area contributed by atoms with Gasteiger partial charge in [-0.25, -0.2) is 0 Å². The van der Waals surface area contributed by atoms with Crippen molar-refractivity contribution < 1.29 is 4.74 Å². The van der Waals surface area contributed by atoms with Crippen LogP contribution < -0.4 is 5.32 Å². The minimum Gasteiger partial charge on any atom is -0.381 e. The number of rotatable bonds is 4. The average molecular weight is 194 g/mol. The van der Waals surface area contributed by atoms with E-state index in [1.54, 1.807) is 0 Å². The Labute approximate surface area is 84.9 Å². The van der Waals surface area contributed by atoms with Gasteiger partial charge in [0.1, 0.15) is 0 Å². The van der Waals surface area contributed by atoms with Crippen LogP contribution in [0.2, 0.25) is 0 Å². The highest BCUT2D eigenvalue weighted by molar-refractivity contribution is 5.07. The van der Waals surface area contributed by atoms with Gasteiger partial charge >= 0.3 is 0 Å². The van der Waals surface area contributed by atoms with Gasteiger partial charge in [-0.1, -0.05) is 0 Å². The number of aromatic amines is 1. The molecule has 1 saturated heterocycles. The summed E-state index contributed by atoms with van der Waals surface area (Å²) in [5.74, 6) is 0.689. The van der Waals surface area contributed by atoms with Crippen LogP contribution in [0.3, 0.4) is 0 Å². The van der Waals surface area contributed by atoms with Gasteiger partial charge in [0.25, 0.3) is 0 Å². The molecule has 0 bridgehead atoms. The lowest BCUT2D eigenvalue weighted by molar-refractivity contribution is 0.178. The first-order chi connectivity index (χ1) is 6.86. The van der Waals surface area contributed by atoms with Crippen LogP contribution in [-0.4, -0.2) is 24.2 Å². The van der Waals surface area contributed by atoms with Gasteiger partial charge in [0.2, 0.25) is 0 Å². The van der Waals surface area contributed by atoms with Crippen LogP contribution >= 0.6 is 0 Å². The molecule has 2 heterocycles. The van der Waals surface area contributed by atoms with E-state index in [1.807, 2.05) is 12.4 Å². The van der Waals surface area contributed by atoms with Crippen LogP contribution in [0.15, 0.2) is 18.5 Å². The fourth-order valence-corrected chi connectivity index (χ4v) is 1.86. The largest absolute Gasteiger partial charge is 0.381 e. The van der Waals surface area contributed by atoms with Gasteiger partial charge in [0, 0.05) is 31.6 Å². The molecule has 3 heteroatoms. The summed E-state index contributed by atoms with van der Waals surface area (Å²) in [7, 11) is 0. The zero-order valence-corrected chi connectivity index (χ0v) is 8.62. The van der Waals surface area contributed by atoms with E-state index in [2.05, 4.69) is 23.3 Å². The van der Waals surface area contributed by atoms with Gasteiger partial charge in [-0.05, 0) is 30.9 Å². The van der Waals surface area contributed by atoms with E-state index in [4.69, 9.17) is 4.74 Å². The van der Waals surface area contributed by atoms with Crippen LogP contribution in [0.4, 0.5) is 0 Å². The monoisotopic (exact) mass is 194 g/mol. The van der Waals surface area contributed by atoms with Crippen LogP contribution in [-0.2, 0) is 11.3 Å². The smallest absolute Gasteiger partial charge is 0.0509 e. The lowest BCUT2D eigenvalue weighted by atomic mass is 10.0. The molecule has 0 radical (unpaired) electrons.